The van der Waals surface area contributed by atoms with Crippen LogP contribution in [0.5, 0.6) is 0 Å². The summed E-state index contributed by atoms with van der Waals surface area (Å²) in [5.41, 5.74) is -0.142. The van der Waals surface area contributed by atoms with E-state index in [2.05, 4.69) is 20.0 Å². The summed E-state index contributed by atoms with van der Waals surface area (Å²) in [6.07, 6.45) is 0.967. The van der Waals surface area contributed by atoms with E-state index in [1.165, 1.54) is 22.9 Å². The first-order valence-corrected chi connectivity index (χ1v) is 15.4. The van der Waals surface area contributed by atoms with E-state index in [0.29, 0.717) is 18.1 Å². The second kappa shape index (κ2) is 12.1. The molecule has 1 aliphatic rings. The van der Waals surface area contributed by atoms with Crippen molar-refractivity contribution in [1.82, 2.24) is 24.2 Å². The Morgan fingerprint density at radius 3 is 2.38 bits per heavy atom. The highest BCUT2D eigenvalue weighted by atomic mass is 35.5. The first-order chi connectivity index (χ1) is 19.9. The molecule has 5 rings (SSSR count). The lowest BCUT2D eigenvalue weighted by Crippen LogP contribution is -2.33. The van der Waals surface area contributed by atoms with E-state index in [9.17, 15) is 21.6 Å². The van der Waals surface area contributed by atoms with Crippen molar-refractivity contribution in [1.29, 1.82) is 0 Å². The molecule has 0 aliphatic heterocycles. The number of hydrogen-bond donors (Lipinski definition) is 2. The third kappa shape index (κ3) is 6.63. The maximum absolute atomic E-state index is 13.1. The predicted molar refractivity (Wildman–Crippen MR) is 157 cm³/mol. The number of benzene rings is 1. The smallest absolute Gasteiger partial charge is 0.362 e. The first kappa shape index (κ1) is 30.1. The number of para-hydroxylation sites is 1. The molecule has 3 heterocycles. The minimum Gasteiger partial charge on any atom is -0.362 e. The Bertz CT molecular complexity index is 1670. The molecule has 1 fully saturated rings. The third-order valence-electron chi connectivity index (χ3n) is 7.45. The normalized spacial score (nSPS) is 17.9. The minimum absolute atomic E-state index is 0.101. The molecule has 1 aliphatic carbocycles. The molecule has 0 radical (unpaired) electrons. The molecule has 3 aromatic heterocycles. The lowest BCUT2D eigenvalue weighted by atomic mass is 9.82. The van der Waals surface area contributed by atoms with Crippen molar-refractivity contribution in [3.63, 3.8) is 0 Å². The summed E-state index contributed by atoms with van der Waals surface area (Å²) in [5.74, 6) is 1.89. The van der Waals surface area contributed by atoms with E-state index in [1.807, 2.05) is 43.3 Å². The van der Waals surface area contributed by atoms with Gasteiger partial charge in [0.05, 0.1) is 16.1 Å². The topological polar surface area (TPSA) is 105 Å². The van der Waals surface area contributed by atoms with Crippen LogP contribution < -0.4 is 14.9 Å². The van der Waals surface area contributed by atoms with E-state index < -0.39 is 21.8 Å². The number of halogens is 4. The van der Waals surface area contributed by atoms with Crippen LogP contribution in [0.15, 0.2) is 59.9 Å². The fraction of sp³-hybridized carbons (Fsp3) is 0.393. The van der Waals surface area contributed by atoms with Crippen LogP contribution in [-0.4, -0.2) is 55.1 Å². The van der Waals surface area contributed by atoms with Crippen LogP contribution in [0.1, 0.15) is 31.2 Å². The molecule has 14 heteroatoms. The van der Waals surface area contributed by atoms with Gasteiger partial charge in [0, 0.05) is 45.0 Å². The maximum Gasteiger partial charge on any atom is 0.417 e. The number of pyridine rings is 1. The fourth-order valence-corrected chi connectivity index (χ4v) is 6.70. The predicted octanol–water partition coefficient (Wildman–Crippen LogP) is 5.75. The van der Waals surface area contributed by atoms with Gasteiger partial charge in [0.15, 0.2) is 10.8 Å². The first-order valence-electron chi connectivity index (χ1n) is 13.5. The SMILES string of the molecule is CN(C)c1nc(NCC2CCC(CNS(=O)(=O)c3cccn3-c3ncc(C(F)(F)F)cc3Cl)CC2)nc2ccccc12. The molecule has 0 amide bonds. The van der Waals surface area contributed by atoms with Crippen molar-refractivity contribution in [2.75, 3.05) is 37.4 Å². The van der Waals surface area contributed by atoms with Crippen molar-refractivity contribution >= 4 is 44.3 Å². The van der Waals surface area contributed by atoms with E-state index in [0.717, 1.165) is 55.0 Å². The summed E-state index contributed by atoms with van der Waals surface area (Å²) in [5, 5.41) is 3.92. The fourth-order valence-electron chi connectivity index (χ4n) is 5.18. The number of aromatic nitrogens is 4. The second-order valence-corrected chi connectivity index (χ2v) is 12.8. The molecule has 0 bridgehead atoms. The van der Waals surface area contributed by atoms with Crippen molar-refractivity contribution in [3.8, 4) is 5.82 Å². The van der Waals surface area contributed by atoms with Gasteiger partial charge >= 0.3 is 6.18 Å². The molecule has 0 spiro atoms. The molecule has 0 saturated heterocycles. The Morgan fingerprint density at radius 2 is 1.71 bits per heavy atom. The zero-order valence-electron chi connectivity index (χ0n) is 23.1. The summed E-state index contributed by atoms with van der Waals surface area (Å²) in [6.45, 7) is 0.972. The number of nitrogens with one attached hydrogen (secondary N) is 2. The van der Waals surface area contributed by atoms with Gasteiger partial charge in [-0.25, -0.2) is 23.1 Å². The van der Waals surface area contributed by atoms with Gasteiger partial charge < -0.3 is 10.2 Å². The summed E-state index contributed by atoms with van der Waals surface area (Å²) in [7, 11) is -0.0791. The van der Waals surface area contributed by atoms with Crippen LogP contribution >= 0.6 is 11.6 Å². The van der Waals surface area contributed by atoms with Gasteiger partial charge in [-0.05, 0) is 67.9 Å². The van der Waals surface area contributed by atoms with Gasteiger partial charge in [-0.2, -0.15) is 18.2 Å². The van der Waals surface area contributed by atoms with Gasteiger partial charge in [-0.3, -0.25) is 4.57 Å². The van der Waals surface area contributed by atoms with Crippen molar-refractivity contribution in [3.05, 3.63) is 65.4 Å². The zero-order chi connectivity index (χ0) is 30.1. The van der Waals surface area contributed by atoms with Crippen LogP contribution in [0.4, 0.5) is 24.9 Å². The lowest BCUT2D eigenvalue weighted by molar-refractivity contribution is -0.137. The largest absolute Gasteiger partial charge is 0.417 e. The Balaban J connectivity index is 1.16. The van der Waals surface area contributed by atoms with E-state index in [1.54, 1.807) is 0 Å². The Hall–Kier alpha value is -3.42. The maximum atomic E-state index is 13.1. The molecule has 9 nitrogen and oxygen atoms in total. The summed E-state index contributed by atoms with van der Waals surface area (Å²) in [4.78, 5) is 15.1. The van der Waals surface area contributed by atoms with Gasteiger partial charge in [0.2, 0.25) is 5.95 Å². The summed E-state index contributed by atoms with van der Waals surface area (Å²) >= 11 is 6.06. The standard InChI is InChI=1S/C28H31ClF3N7O2S/c1-38(2)25-21-6-3-4-7-23(21)36-27(37-25)34-15-18-9-11-19(12-10-18)16-35-42(40,41)24-8-5-13-39(24)26-22(29)14-20(17-33-26)28(30,31)32/h3-8,13-14,17-19,35H,9-12,15-16H2,1-2H3,(H,34,36,37). The van der Waals surface area contributed by atoms with Gasteiger partial charge in [-0.15, -0.1) is 0 Å². The molecular weight excluding hydrogens is 591 g/mol. The molecule has 1 aromatic carbocycles. The highest BCUT2D eigenvalue weighted by Gasteiger charge is 2.32. The number of nitrogens with zero attached hydrogens (tertiary/aromatic N) is 5. The Kier molecular flexibility index (Phi) is 8.63. The third-order valence-corrected chi connectivity index (χ3v) is 9.16. The van der Waals surface area contributed by atoms with Gasteiger partial charge in [0.25, 0.3) is 10.0 Å². The van der Waals surface area contributed by atoms with Crippen molar-refractivity contribution < 1.29 is 21.6 Å². The van der Waals surface area contributed by atoms with Crippen molar-refractivity contribution in [2.45, 2.75) is 36.9 Å². The number of fused-ring (bicyclic) bond motifs is 1. The molecule has 1 saturated carbocycles. The number of alkyl halides is 3. The van der Waals surface area contributed by atoms with Gasteiger partial charge in [0.1, 0.15) is 5.82 Å². The van der Waals surface area contributed by atoms with Crippen LogP contribution in [0.25, 0.3) is 16.7 Å². The highest BCUT2D eigenvalue weighted by Crippen LogP contribution is 2.33. The average molecular weight is 622 g/mol. The molecule has 0 atom stereocenters. The van der Waals surface area contributed by atoms with Crippen LogP contribution in [0.3, 0.4) is 0 Å². The molecule has 0 unspecified atom stereocenters. The Labute approximate surface area is 247 Å². The highest BCUT2D eigenvalue weighted by molar-refractivity contribution is 7.89. The van der Waals surface area contributed by atoms with Crippen LogP contribution in [0, 0.1) is 11.8 Å². The molecule has 4 aromatic rings. The van der Waals surface area contributed by atoms with E-state index in [4.69, 9.17) is 16.6 Å². The number of sulfonamides is 1. The number of anilines is 2. The molecule has 42 heavy (non-hydrogen) atoms. The van der Waals surface area contributed by atoms with Gasteiger partial charge in [-0.1, -0.05) is 23.7 Å². The van der Waals surface area contributed by atoms with Crippen LogP contribution in [0.2, 0.25) is 5.02 Å². The monoisotopic (exact) mass is 621 g/mol. The number of rotatable bonds is 9. The number of hydrogen-bond acceptors (Lipinski definition) is 7. The molecular formula is C28H31ClF3N7O2S. The molecule has 224 valence electrons. The summed E-state index contributed by atoms with van der Waals surface area (Å²) < 4.78 is 69.1. The minimum atomic E-state index is -4.61. The second-order valence-electron chi connectivity index (χ2n) is 10.6. The van der Waals surface area contributed by atoms with E-state index in [-0.39, 0.29) is 28.3 Å². The van der Waals surface area contributed by atoms with Crippen LogP contribution in [-0.2, 0) is 16.2 Å². The summed E-state index contributed by atoms with van der Waals surface area (Å²) in [6, 6.07) is 11.4. The van der Waals surface area contributed by atoms with E-state index >= 15 is 0 Å². The quantitative estimate of drug-likeness (QED) is 0.245. The lowest BCUT2D eigenvalue weighted by Gasteiger charge is -2.29. The zero-order valence-corrected chi connectivity index (χ0v) is 24.6. The Morgan fingerprint density at radius 1 is 1.02 bits per heavy atom. The van der Waals surface area contributed by atoms with Crippen molar-refractivity contribution in [2.24, 2.45) is 11.8 Å². The molecule has 2 N–H and O–H groups in total. The average Bonchev–Trinajstić information content (AvgIpc) is 3.45.